The summed E-state index contributed by atoms with van der Waals surface area (Å²) >= 11 is 0. The Labute approximate surface area is 156 Å². The number of hydrogen-bond donors (Lipinski definition) is 2. The monoisotopic (exact) mass is 369 g/mol. The fourth-order valence-corrected chi connectivity index (χ4v) is 2.46. The number of benzene rings is 2. The largest absolute Gasteiger partial charge is 0.454 e. The van der Waals surface area contributed by atoms with Crippen molar-refractivity contribution in [1.29, 1.82) is 0 Å². The molecular formula is C19H19N3O5. The predicted molar refractivity (Wildman–Crippen MR) is 99.1 cm³/mol. The van der Waals surface area contributed by atoms with Crippen LogP contribution in [0.25, 0.3) is 0 Å². The van der Waals surface area contributed by atoms with Crippen molar-refractivity contribution in [1.82, 2.24) is 5.32 Å². The third-order valence-corrected chi connectivity index (χ3v) is 4.05. The van der Waals surface area contributed by atoms with Gasteiger partial charge in [-0.15, -0.1) is 0 Å². The molecule has 27 heavy (non-hydrogen) atoms. The molecule has 2 aromatic carbocycles. The molecule has 8 heteroatoms. The summed E-state index contributed by atoms with van der Waals surface area (Å²) in [5.41, 5.74) is 1.67. The molecule has 0 aromatic heterocycles. The van der Waals surface area contributed by atoms with E-state index in [0.717, 1.165) is 5.69 Å². The molecule has 0 aliphatic carbocycles. The van der Waals surface area contributed by atoms with Crippen molar-refractivity contribution in [2.75, 3.05) is 30.6 Å². The van der Waals surface area contributed by atoms with Crippen LogP contribution in [-0.4, -0.2) is 38.1 Å². The predicted octanol–water partition coefficient (Wildman–Crippen LogP) is 1.77. The maximum absolute atomic E-state index is 12.2. The first-order chi connectivity index (χ1) is 12.9. The standard InChI is InChI=1S/C19H19N3O5/c1-12(23)22(2)15-6-4-14(5-7-15)21-18(24)10-20-19(25)13-3-8-16-17(9-13)27-11-26-16/h3-9H,10-11H2,1-2H3,(H,20,25)(H,21,24). The molecule has 1 aliphatic rings. The Balaban J connectivity index is 1.52. The van der Waals surface area contributed by atoms with Gasteiger partial charge in [0.25, 0.3) is 5.91 Å². The van der Waals surface area contributed by atoms with Gasteiger partial charge in [-0.25, -0.2) is 0 Å². The molecule has 0 unspecified atom stereocenters. The number of carbonyl (C=O) groups excluding carboxylic acids is 3. The van der Waals surface area contributed by atoms with Crippen LogP contribution >= 0.6 is 0 Å². The Kier molecular flexibility index (Phi) is 5.25. The zero-order valence-electron chi connectivity index (χ0n) is 14.9. The van der Waals surface area contributed by atoms with E-state index in [1.807, 2.05) is 0 Å². The lowest BCUT2D eigenvalue weighted by Gasteiger charge is -2.15. The fourth-order valence-electron chi connectivity index (χ4n) is 2.46. The Morgan fingerprint density at radius 1 is 1.04 bits per heavy atom. The number of amides is 3. The van der Waals surface area contributed by atoms with Gasteiger partial charge in [0.05, 0.1) is 6.54 Å². The quantitative estimate of drug-likeness (QED) is 0.837. The molecule has 0 radical (unpaired) electrons. The van der Waals surface area contributed by atoms with Crippen molar-refractivity contribution in [3.8, 4) is 11.5 Å². The van der Waals surface area contributed by atoms with Crippen molar-refractivity contribution in [2.24, 2.45) is 0 Å². The molecule has 1 aliphatic heterocycles. The van der Waals surface area contributed by atoms with Crippen molar-refractivity contribution >= 4 is 29.1 Å². The third-order valence-electron chi connectivity index (χ3n) is 4.05. The minimum atomic E-state index is -0.387. The van der Waals surface area contributed by atoms with Gasteiger partial charge in [-0.05, 0) is 42.5 Å². The summed E-state index contributed by atoms with van der Waals surface area (Å²) in [4.78, 5) is 37.0. The molecule has 3 rings (SSSR count). The topological polar surface area (TPSA) is 97.0 Å². The van der Waals surface area contributed by atoms with Crippen LogP contribution in [0.1, 0.15) is 17.3 Å². The molecule has 2 N–H and O–H groups in total. The average molecular weight is 369 g/mol. The molecule has 3 amide bonds. The van der Waals surface area contributed by atoms with Crippen LogP contribution in [0, 0.1) is 0 Å². The van der Waals surface area contributed by atoms with Gasteiger partial charge >= 0.3 is 0 Å². The van der Waals surface area contributed by atoms with Crippen molar-refractivity contribution < 1.29 is 23.9 Å². The van der Waals surface area contributed by atoms with Crippen molar-refractivity contribution in [3.63, 3.8) is 0 Å². The van der Waals surface area contributed by atoms with E-state index in [4.69, 9.17) is 9.47 Å². The van der Waals surface area contributed by atoms with E-state index in [1.54, 1.807) is 49.5 Å². The molecule has 8 nitrogen and oxygen atoms in total. The zero-order valence-corrected chi connectivity index (χ0v) is 14.9. The van der Waals surface area contributed by atoms with E-state index in [2.05, 4.69) is 10.6 Å². The second-order valence-corrected chi connectivity index (χ2v) is 5.92. The van der Waals surface area contributed by atoms with Crippen LogP contribution in [0.4, 0.5) is 11.4 Å². The molecule has 0 spiro atoms. The highest BCUT2D eigenvalue weighted by Crippen LogP contribution is 2.32. The van der Waals surface area contributed by atoms with Crippen LogP contribution in [0.5, 0.6) is 11.5 Å². The van der Waals surface area contributed by atoms with E-state index in [0.29, 0.717) is 22.7 Å². The van der Waals surface area contributed by atoms with Gasteiger partial charge in [0.15, 0.2) is 11.5 Å². The second kappa shape index (κ2) is 7.77. The SMILES string of the molecule is CC(=O)N(C)c1ccc(NC(=O)CNC(=O)c2ccc3c(c2)OCO3)cc1. The van der Waals surface area contributed by atoms with Crippen molar-refractivity contribution in [3.05, 3.63) is 48.0 Å². The summed E-state index contributed by atoms with van der Waals surface area (Å²) in [6, 6.07) is 11.6. The van der Waals surface area contributed by atoms with E-state index in [-0.39, 0.29) is 31.1 Å². The normalized spacial score (nSPS) is 11.6. The summed E-state index contributed by atoms with van der Waals surface area (Å²) in [6.45, 7) is 1.42. The van der Waals surface area contributed by atoms with Gasteiger partial charge in [0.2, 0.25) is 18.6 Å². The van der Waals surface area contributed by atoms with Gasteiger partial charge in [0.1, 0.15) is 0 Å². The molecule has 0 saturated carbocycles. The molecule has 140 valence electrons. The van der Waals surface area contributed by atoms with Gasteiger partial charge in [-0.1, -0.05) is 0 Å². The molecule has 0 fully saturated rings. The average Bonchev–Trinajstić information content (AvgIpc) is 3.13. The third kappa shape index (κ3) is 4.35. The minimum absolute atomic E-state index is 0.0852. The summed E-state index contributed by atoms with van der Waals surface area (Å²) in [6.07, 6.45) is 0. The maximum Gasteiger partial charge on any atom is 0.251 e. The highest BCUT2D eigenvalue weighted by Gasteiger charge is 2.16. The molecule has 1 heterocycles. The number of anilines is 2. The number of rotatable bonds is 5. The Morgan fingerprint density at radius 2 is 1.74 bits per heavy atom. The van der Waals surface area contributed by atoms with Gasteiger partial charge in [-0.2, -0.15) is 0 Å². The maximum atomic E-state index is 12.2. The smallest absolute Gasteiger partial charge is 0.251 e. The van der Waals surface area contributed by atoms with E-state index >= 15 is 0 Å². The lowest BCUT2D eigenvalue weighted by atomic mass is 10.2. The van der Waals surface area contributed by atoms with E-state index in [9.17, 15) is 14.4 Å². The van der Waals surface area contributed by atoms with Gasteiger partial charge in [-0.3, -0.25) is 14.4 Å². The Hall–Kier alpha value is -3.55. The first kappa shape index (κ1) is 18.2. The molecular weight excluding hydrogens is 350 g/mol. The van der Waals surface area contributed by atoms with Crippen LogP contribution < -0.4 is 25.0 Å². The highest BCUT2D eigenvalue weighted by atomic mass is 16.7. The molecule has 0 saturated heterocycles. The van der Waals surface area contributed by atoms with E-state index < -0.39 is 0 Å². The summed E-state index contributed by atoms with van der Waals surface area (Å²) in [5.74, 6) is 0.252. The second-order valence-electron chi connectivity index (χ2n) is 5.92. The summed E-state index contributed by atoms with van der Waals surface area (Å²) in [7, 11) is 1.67. The summed E-state index contributed by atoms with van der Waals surface area (Å²) < 4.78 is 10.4. The number of nitrogens with one attached hydrogen (secondary N) is 2. The fraction of sp³-hybridized carbons (Fsp3) is 0.211. The van der Waals surface area contributed by atoms with Gasteiger partial charge < -0.3 is 25.0 Å². The number of carbonyl (C=O) groups is 3. The molecule has 0 atom stereocenters. The molecule has 2 aromatic rings. The Bertz CT molecular complexity index is 879. The van der Waals surface area contributed by atoms with Crippen LogP contribution in [0.15, 0.2) is 42.5 Å². The number of fused-ring (bicyclic) bond motifs is 1. The first-order valence-electron chi connectivity index (χ1n) is 8.26. The number of nitrogens with zero attached hydrogens (tertiary/aromatic N) is 1. The Morgan fingerprint density at radius 3 is 2.44 bits per heavy atom. The summed E-state index contributed by atoms with van der Waals surface area (Å²) in [5, 5.41) is 5.24. The van der Waals surface area contributed by atoms with Crippen LogP contribution in [0.2, 0.25) is 0 Å². The lowest BCUT2D eigenvalue weighted by molar-refractivity contribution is -0.116. The zero-order chi connectivity index (χ0) is 19.4. The first-order valence-corrected chi connectivity index (χ1v) is 8.26. The van der Waals surface area contributed by atoms with Gasteiger partial charge in [0, 0.05) is 30.9 Å². The minimum Gasteiger partial charge on any atom is -0.454 e. The molecule has 0 bridgehead atoms. The number of ether oxygens (including phenoxy) is 2. The van der Waals surface area contributed by atoms with E-state index in [1.165, 1.54) is 11.8 Å². The van der Waals surface area contributed by atoms with Crippen LogP contribution in [-0.2, 0) is 9.59 Å². The highest BCUT2D eigenvalue weighted by molar-refractivity contribution is 6.00. The van der Waals surface area contributed by atoms with Crippen molar-refractivity contribution in [2.45, 2.75) is 6.92 Å². The number of hydrogen-bond acceptors (Lipinski definition) is 5. The van der Waals surface area contributed by atoms with Crippen LogP contribution in [0.3, 0.4) is 0 Å². The lowest BCUT2D eigenvalue weighted by Crippen LogP contribution is -2.32.